The maximum absolute atomic E-state index is 10.3. The van der Waals surface area contributed by atoms with Gasteiger partial charge in [0.25, 0.3) is 0 Å². The highest BCUT2D eigenvalue weighted by molar-refractivity contribution is 5.33. The summed E-state index contributed by atoms with van der Waals surface area (Å²) in [6.45, 7) is 2.10. The number of hydrogen-bond donors (Lipinski definition) is 2. The van der Waals surface area contributed by atoms with Crippen LogP contribution in [-0.4, -0.2) is 58.7 Å². The molecule has 1 spiro atoms. The highest BCUT2D eigenvalue weighted by Crippen LogP contribution is 2.51. The van der Waals surface area contributed by atoms with Crippen molar-refractivity contribution >= 4 is 5.95 Å². The smallest absolute Gasteiger partial charge is 0.225 e. The molecule has 1 aromatic rings. The van der Waals surface area contributed by atoms with Gasteiger partial charge in [-0.05, 0) is 31.7 Å². The van der Waals surface area contributed by atoms with Crippen molar-refractivity contribution in [1.82, 2.24) is 9.97 Å². The Morgan fingerprint density at radius 2 is 2.00 bits per heavy atom. The molecule has 6 nitrogen and oxygen atoms in total. The Morgan fingerprint density at radius 3 is 2.68 bits per heavy atom. The highest BCUT2D eigenvalue weighted by Gasteiger charge is 2.56. The van der Waals surface area contributed by atoms with Crippen molar-refractivity contribution in [3.8, 4) is 0 Å². The third-order valence-corrected chi connectivity index (χ3v) is 6.57. The number of anilines is 1. The van der Waals surface area contributed by atoms with Crippen LogP contribution in [0.5, 0.6) is 0 Å². The first kappa shape index (κ1) is 17.2. The number of aromatic nitrogens is 2. The minimum absolute atomic E-state index is 0.0383. The van der Waals surface area contributed by atoms with Crippen LogP contribution in [0.4, 0.5) is 5.95 Å². The van der Waals surface area contributed by atoms with Gasteiger partial charge >= 0.3 is 0 Å². The molecule has 25 heavy (non-hydrogen) atoms. The third kappa shape index (κ3) is 3.15. The van der Waals surface area contributed by atoms with E-state index in [0.717, 1.165) is 31.9 Å². The van der Waals surface area contributed by atoms with E-state index in [1.165, 1.54) is 31.4 Å². The third-order valence-electron chi connectivity index (χ3n) is 6.57. The molecule has 2 heterocycles. The molecule has 4 rings (SSSR count). The van der Waals surface area contributed by atoms with Gasteiger partial charge in [-0.25, -0.2) is 9.97 Å². The van der Waals surface area contributed by atoms with Crippen LogP contribution >= 0.6 is 0 Å². The lowest BCUT2D eigenvalue weighted by molar-refractivity contribution is -0.203. The normalized spacial score (nSPS) is 29.1. The number of nitrogens with zero attached hydrogens (tertiary/aromatic N) is 3. The summed E-state index contributed by atoms with van der Waals surface area (Å²) in [5, 5.41) is 19.3. The van der Waals surface area contributed by atoms with Crippen molar-refractivity contribution < 1.29 is 14.9 Å². The van der Waals surface area contributed by atoms with E-state index in [-0.39, 0.29) is 24.2 Å². The zero-order chi connectivity index (χ0) is 17.3. The van der Waals surface area contributed by atoms with Crippen molar-refractivity contribution in [2.45, 2.75) is 63.1 Å². The summed E-state index contributed by atoms with van der Waals surface area (Å²) in [7, 11) is 0. The summed E-state index contributed by atoms with van der Waals surface area (Å²) >= 11 is 0. The van der Waals surface area contributed by atoms with Gasteiger partial charge in [-0.3, -0.25) is 0 Å². The summed E-state index contributed by atoms with van der Waals surface area (Å²) in [4.78, 5) is 11.6. The molecular formula is C19H29N3O3. The highest BCUT2D eigenvalue weighted by atomic mass is 16.5. The Balaban J connectivity index is 1.41. The molecule has 0 aromatic carbocycles. The van der Waals surface area contributed by atoms with Crippen LogP contribution in [0.3, 0.4) is 0 Å². The van der Waals surface area contributed by atoms with Gasteiger partial charge in [0.2, 0.25) is 5.95 Å². The molecule has 2 N–H and O–H groups in total. The summed E-state index contributed by atoms with van der Waals surface area (Å²) in [5.74, 6) is 1.43. The van der Waals surface area contributed by atoms with Gasteiger partial charge in [0.05, 0.1) is 25.4 Å². The molecule has 0 amide bonds. The van der Waals surface area contributed by atoms with E-state index in [9.17, 15) is 5.11 Å². The van der Waals surface area contributed by atoms with Crippen LogP contribution in [0.15, 0.2) is 12.3 Å². The number of piperidine rings is 1. The SMILES string of the molecule is OCCO[C@H]1C[C@@H](O)C12CCN(c1nccc(C3CCCC3)n1)CC2. The summed E-state index contributed by atoms with van der Waals surface area (Å²) in [5.41, 5.74) is 1.05. The van der Waals surface area contributed by atoms with Gasteiger partial charge in [-0.2, -0.15) is 0 Å². The van der Waals surface area contributed by atoms with Gasteiger partial charge in [-0.1, -0.05) is 12.8 Å². The molecule has 1 aliphatic heterocycles. The van der Waals surface area contributed by atoms with Crippen LogP contribution in [0.1, 0.15) is 56.6 Å². The van der Waals surface area contributed by atoms with E-state index < -0.39 is 0 Å². The number of ether oxygens (including phenoxy) is 1. The lowest BCUT2D eigenvalue weighted by Gasteiger charge is -2.56. The molecule has 0 unspecified atom stereocenters. The zero-order valence-corrected chi connectivity index (χ0v) is 14.8. The van der Waals surface area contributed by atoms with E-state index in [2.05, 4.69) is 16.0 Å². The number of rotatable bonds is 5. The Labute approximate surface area is 149 Å². The molecule has 1 saturated heterocycles. The first-order chi connectivity index (χ1) is 12.2. The molecule has 3 fully saturated rings. The molecular weight excluding hydrogens is 318 g/mol. The lowest BCUT2D eigenvalue weighted by Crippen LogP contribution is -2.62. The molecule has 6 heteroatoms. The van der Waals surface area contributed by atoms with Crippen molar-refractivity contribution in [3.63, 3.8) is 0 Å². The van der Waals surface area contributed by atoms with Gasteiger partial charge in [0.15, 0.2) is 0 Å². The maximum atomic E-state index is 10.3. The van der Waals surface area contributed by atoms with Crippen molar-refractivity contribution in [3.05, 3.63) is 18.0 Å². The molecule has 2 aliphatic carbocycles. The van der Waals surface area contributed by atoms with E-state index >= 15 is 0 Å². The molecule has 1 aromatic heterocycles. The van der Waals surface area contributed by atoms with Crippen LogP contribution in [0.2, 0.25) is 0 Å². The summed E-state index contributed by atoms with van der Waals surface area (Å²) in [6, 6.07) is 2.07. The minimum atomic E-state index is -0.288. The second-order valence-electron chi connectivity index (χ2n) is 7.82. The largest absolute Gasteiger partial charge is 0.394 e. The molecule has 2 saturated carbocycles. The van der Waals surface area contributed by atoms with E-state index in [1.807, 2.05) is 6.20 Å². The first-order valence-corrected chi connectivity index (χ1v) is 9.71. The first-order valence-electron chi connectivity index (χ1n) is 9.71. The Morgan fingerprint density at radius 1 is 1.24 bits per heavy atom. The standard InChI is InChI=1S/C19H29N3O3/c23-11-12-25-17-13-16(24)19(17)6-9-22(10-7-19)18-20-8-5-15(21-18)14-3-1-2-4-14/h5,8,14,16-17,23-24H,1-4,6-7,9-13H2/t16-,17+/m1/s1. The van der Waals surface area contributed by atoms with E-state index in [0.29, 0.717) is 18.9 Å². The Kier molecular flexibility index (Phi) is 4.93. The molecule has 2 atom stereocenters. The van der Waals surface area contributed by atoms with Crippen LogP contribution in [-0.2, 0) is 4.74 Å². The molecule has 0 radical (unpaired) electrons. The quantitative estimate of drug-likeness (QED) is 0.846. The van der Waals surface area contributed by atoms with Crippen molar-refractivity contribution in [2.75, 3.05) is 31.2 Å². The lowest BCUT2D eigenvalue weighted by atomic mass is 9.58. The van der Waals surface area contributed by atoms with Crippen LogP contribution < -0.4 is 4.90 Å². The van der Waals surface area contributed by atoms with Crippen molar-refractivity contribution in [1.29, 1.82) is 0 Å². The summed E-state index contributed by atoms with van der Waals surface area (Å²) < 4.78 is 5.76. The summed E-state index contributed by atoms with van der Waals surface area (Å²) in [6.07, 6.45) is 9.26. The fraction of sp³-hybridized carbons (Fsp3) is 0.789. The predicted molar refractivity (Wildman–Crippen MR) is 94.6 cm³/mol. The van der Waals surface area contributed by atoms with Gasteiger partial charge in [0, 0.05) is 42.7 Å². The Bertz CT molecular complexity index is 583. The van der Waals surface area contributed by atoms with Crippen LogP contribution in [0, 0.1) is 5.41 Å². The number of aliphatic hydroxyl groups excluding tert-OH is 2. The second-order valence-corrected chi connectivity index (χ2v) is 7.82. The Hall–Kier alpha value is -1.24. The molecule has 0 bridgehead atoms. The van der Waals surface area contributed by atoms with Crippen LogP contribution in [0.25, 0.3) is 0 Å². The average Bonchev–Trinajstić information content (AvgIpc) is 3.20. The maximum Gasteiger partial charge on any atom is 0.225 e. The second kappa shape index (κ2) is 7.17. The molecule has 3 aliphatic rings. The van der Waals surface area contributed by atoms with Crippen molar-refractivity contribution in [2.24, 2.45) is 5.41 Å². The predicted octanol–water partition coefficient (Wildman–Crippen LogP) is 1.86. The topological polar surface area (TPSA) is 78.7 Å². The van der Waals surface area contributed by atoms with Gasteiger partial charge in [0.1, 0.15) is 0 Å². The fourth-order valence-electron chi connectivity index (χ4n) is 4.90. The fourth-order valence-corrected chi connectivity index (χ4v) is 4.90. The van der Waals surface area contributed by atoms with E-state index in [1.54, 1.807) is 0 Å². The van der Waals surface area contributed by atoms with Gasteiger partial charge in [-0.15, -0.1) is 0 Å². The number of aliphatic hydroxyl groups is 2. The minimum Gasteiger partial charge on any atom is -0.394 e. The molecule has 138 valence electrons. The van der Waals surface area contributed by atoms with E-state index in [4.69, 9.17) is 14.8 Å². The average molecular weight is 347 g/mol. The van der Waals surface area contributed by atoms with Gasteiger partial charge < -0.3 is 19.8 Å². The zero-order valence-electron chi connectivity index (χ0n) is 14.8. The monoisotopic (exact) mass is 347 g/mol. The number of hydrogen-bond acceptors (Lipinski definition) is 6.